The summed E-state index contributed by atoms with van der Waals surface area (Å²) in [6.45, 7) is 3.60. The first kappa shape index (κ1) is 17.7. The number of hydrogen-bond donors (Lipinski definition) is 5. The zero-order valence-corrected chi connectivity index (χ0v) is 12.7. The van der Waals surface area contributed by atoms with Crippen LogP contribution in [-0.2, 0) is 0 Å². The predicted octanol–water partition coefficient (Wildman–Crippen LogP) is -0.953. The summed E-state index contributed by atoms with van der Waals surface area (Å²) in [4.78, 5) is 1.23. The maximum absolute atomic E-state index is 10.1. The van der Waals surface area contributed by atoms with Crippen molar-refractivity contribution < 1.29 is 30.3 Å². The maximum atomic E-state index is 10.1. The fraction of sp³-hybridized carbons (Fsp3) is 0.500. The Morgan fingerprint density at radius 1 is 1.04 bits per heavy atom. The van der Waals surface area contributed by atoms with E-state index < -0.39 is 37.2 Å². The van der Waals surface area contributed by atoms with E-state index in [0.717, 1.165) is 0 Å². The van der Waals surface area contributed by atoms with Crippen LogP contribution >= 0.6 is 0 Å². The number of rotatable bonds is 6. The SMILES string of the molecule is C=C(CCOc1ccccc1)N1C(O)[C@H](O)[C@@H](O)[C@H](O)[C@H]1CO. The molecule has 0 aromatic heterocycles. The van der Waals surface area contributed by atoms with Crippen LogP contribution < -0.4 is 4.74 Å². The number of aliphatic hydroxyl groups excluding tert-OH is 5. The fourth-order valence-corrected chi connectivity index (χ4v) is 2.68. The third-order valence-corrected chi connectivity index (χ3v) is 4.00. The van der Waals surface area contributed by atoms with Gasteiger partial charge in [-0.3, -0.25) is 0 Å². The summed E-state index contributed by atoms with van der Waals surface area (Å²) in [7, 11) is 0. The minimum absolute atomic E-state index is 0.277. The average Bonchev–Trinajstić information content (AvgIpc) is 2.56. The first-order chi connectivity index (χ1) is 11.0. The van der Waals surface area contributed by atoms with Crippen LogP contribution in [0.15, 0.2) is 42.6 Å². The molecular weight excluding hydrogens is 302 g/mol. The van der Waals surface area contributed by atoms with E-state index in [1.54, 1.807) is 12.1 Å². The van der Waals surface area contributed by atoms with Gasteiger partial charge in [0.2, 0.25) is 0 Å². The molecule has 0 radical (unpaired) electrons. The number of benzene rings is 1. The molecule has 0 bridgehead atoms. The van der Waals surface area contributed by atoms with Gasteiger partial charge in [-0.25, -0.2) is 0 Å². The molecule has 2 rings (SSSR count). The number of para-hydroxylation sites is 1. The van der Waals surface area contributed by atoms with Crippen LogP contribution in [0.25, 0.3) is 0 Å². The second-order valence-corrected chi connectivity index (χ2v) is 5.52. The quantitative estimate of drug-likeness (QED) is 0.458. The molecule has 1 fully saturated rings. The molecule has 0 aliphatic carbocycles. The lowest BCUT2D eigenvalue weighted by Gasteiger charge is -2.48. The zero-order chi connectivity index (χ0) is 17.0. The van der Waals surface area contributed by atoms with Crippen molar-refractivity contribution in [1.29, 1.82) is 0 Å². The Bertz CT molecular complexity index is 511. The standard InChI is InChI=1S/C16H23NO6/c1-10(7-8-23-11-5-3-2-4-6-11)17-12(9-18)13(19)14(20)15(21)16(17)22/h2-6,12-16,18-22H,1,7-9H2/t12-,13-,14+,15-,16?/m1/s1. The van der Waals surface area contributed by atoms with E-state index in [1.807, 2.05) is 18.2 Å². The smallest absolute Gasteiger partial charge is 0.156 e. The second-order valence-electron chi connectivity index (χ2n) is 5.52. The van der Waals surface area contributed by atoms with Crippen molar-refractivity contribution in [2.45, 2.75) is 37.0 Å². The van der Waals surface area contributed by atoms with Gasteiger partial charge in [-0.1, -0.05) is 24.8 Å². The number of hydrogen-bond acceptors (Lipinski definition) is 7. The van der Waals surface area contributed by atoms with Crippen molar-refractivity contribution in [3.8, 4) is 5.75 Å². The molecule has 1 aliphatic heterocycles. The van der Waals surface area contributed by atoms with Crippen LogP contribution in [0.1, 0.15) is 6.42 Å². The van der Waals surface area contributed by atoms with E-state index in [-0.39, 0.29) is 6.61 Å². The van der Waals surface area contributed by atoms with Gasteiger partial charge in [0.05, 0.1) is 19.3 Å². The minimum Gasteiger partial charge on any atom is -0.493 e. The molecule has 0 saturated carbocycles. The number of likely N-dealkylation sites (tertiary alicyclic amines) is 1. The van der Waals surface area contributed by atoms with Crippen molar-refractivity contribution in [2.75, 3.05) is 13.2 Å². The zero-order valence-electron chi connectivity index (χ0n) is 12.7. The van der Waals surface area contributed by atoms with Gasteiger partial charge in [0.1, 0.15) is 24.1 Å². The van der Waals surface area contributed by atoms with Gasteiger partial charge in [-0.15, -0.1) is 0 Å². The van der Waals surface area contributed by atoms with Crippen LogP contribution in [-0.4, -0.2) is 74.2 Å². The Labute approximate surface area is 134 Å². The maximum Gasteiger partial charge on any atom is 0.156 e. The van der Waals surface area contributed by atoms with Crippen LogP contribution in [0.3, 0.4) is 0 Å². The predicted molar refractivity (Wildman–Crippen MR) is 82.4 cm³/mol. The highest BCUT2D eigenvalue weighted by molar-refractivity contribution is 5.21. The molecule has 23 heavy (non-hydrogen) atoms. The summed E-state index contributed by atoms with van der Waals surface area (Å²) in [6, 6.07) is 8.21. The van der Waals surface area contributed by atoms with E-state index in [0.29, 0.717) is 17.9 Å². The van der Waals surface area contributed by atoms with E-state index in [1.165, 1.54) is 4.90 Å². The lowest BCUT2D eigenvalue weighted by atomic mass is 9.92. The summed E-state index contributed by atoms with van der Waals surface area (Å²) in [5, 5.41) is 49.0. The largest absolute Gasteiger partial charge is 0.493 e. The van der Waals surface area contributed by atoms with Crippen LogP contribution in [0, 0.1) is 0 Å². The highest BCUT2D eigenvalue weighted by Gasteiger charge is 2.47. The molecule has 7 heteroatoms. The number of aliphatic hydroxyl groups is 5. The molecule has 0 spiro atoms. The van der Waals surface area contributed by atoms with Crippen LogP contribution in [0.4, 0.5) is 0 Å². The summed E-state index contributed by atoms with van der Waals surface area (Å²) in [6.07, 6.45) is -5.64. The lowest BCUT2D eigenvalue weighted by molar-refractivity contribution is -0.213. The fourth-order valence-electron chi connectivity index (χ4n) is 2.68. The van der Waals surface area contributed by atoms with E-state index >= 15 is 0 Å². The summed E-state index contributed by atoms with van der Waals surface area (Å²) >= 11 is 0. The molecule has 1 aromatic rings. The molecule has 1 aliphatic rings. The van der Waals surface area contributed by atoms with Crippen molar-refractivity contribution >= 4 is 0 Å². The molecule has 0 amide bonds. The van der Waals surface area contributed by atoms with Crippen molar-refractivity contribution in [3.05, 3.63) is 42.6 Å². The molecule has 5 atom stereocenters. The average molecular weight is 325 g/mol. The minimum atomic E-state index is -1.56. The van der Waals surface area contributed by atoms with Crippen molar-refractivity contribution in [1.82, 2.24) is 4.90 Å². The number of piperidine rings is 1. The van der Waals surface area contributed by atoms with Crippen molar-refractivity contribution in [3.63, 3.8) is 0 Å². The van der Waals surface area contributed by atoms with Crippen LogP contribution in [0.5, 0.6) is 5.75 Å². The van der Waals surface area contributed by atoms with Gasteiger partial charge >= 0.3 is 0 Å². The summed E-state index contributed by atoms with van der Waals surface area (Å²) < 4.78 is 5.54. The highest BCUT2D eigenvalue weighted by atomic mass is 16.5. The Morgan fingerprint density at radius 2 is 1.70 bits per heavy atom. The molecule has 128 valence electrons. The van der Waals surface area contributed by atoms with Gasteiger partial charge < -0.3 is 35.2 Å². The van der Waals surface area contributed by atoms with Crippen molar-refractivity contribution in [2.24, 2.45) is 0 Å². The Kier molecular flexibility index (Phi) is 5.97. The Hall–Kier alpha value is -1.64. The molecule has 5 N–H and O–H groups in total. The van der Waals surface area contributed by atoms with Gasteiger partial charge in [0.15, 0.2) is 6.23 Å². The molecular formula is C16H23NO6. The Balaban J connectivity index is 1.98. The second kappa shape index (κ2) is 7.76. The van der Waals surface area contributed by atoms with Crippen LogP contribution in [0.2, 0.25) is 0 Å². The monoisotopic (exact) mass is 325 g/mol. The van der Waals surface area contributed by atoms with E-state index in [4.69, 9.17) is 4.74 Å². The molecule has 1 aromatic carbocycles. The molecule has 1 unspecified atom stereocenters. The number of ether oxygens (including phenoxy) is 1. The van der Waals surface area contributed by atoms with E-state index in [2.05, 4.69) is 6.58 Å². The van der Waals surface area contributed by atoms with Gasteiger partial charge in [0.25, 0.3) is 0 Å². The van der Waals surface area contributed by atoms with E-state index in [9.17, 15) is 25.5 Å². The topological polar surface area (TPSA) is 114 Å². The molecule has 7 nitrogen and oxygen atoms in total. The molecule has 1 heterocycles. The summed E-state index contributed by atoms with van der Waals surface area (Å²) in [5.41, 5.74) is 0.387. The van der Waals surface area contributed by atoms with Gasteiger partial charge in [-0.05, 0) is 12.1 Å². The lowest BCUT2D eigenvalue weighted by Crippen LogP contribution is -2.66. The first-order valence-electron chi connectivity index (χ1n) is 7.44. The first-order valence-corrected chi connectivity index (χ1v) is 7.44. The third kappa shape index (κ3) is 3.82. The highest BCUT2D eigenvalue weighted by Crippen LogP contribution is 2.27. The Morgan fingerprint density at radius 3 is 2.30 bits per heavy atom. The van der Waals surface area contributed by atoms with Gasteiger partial charge in [-0.2, -0.15) is 0 Å². The summed E-state index contributed by atoms with van der Waals surface area (Å²) in [5.74, 6) is 0.689. The molecule has 1 saturated heterocycles. The normalized spacial score (nSPS) is 31.0. The third-order valence-electron chi connectivity index (χ3n) is 4.00. The van der Waals surface area contributed by atoms with Gasteiger partial charge in [0, 0.05) is 12.1 Å². The number of nitrogens with zero attached hydrogens (tertiary/aromatic N) is 1.